The van der Waals surface area contributed by atoms with Crippen LogP contribution in [0.25, 0.3) is 0 Å². The maximum Gasteiger partial charge on any atom is 0.247 e. The van der Waals surface area contributed by atoms with Gasteiger partial charge in [0.1, 0.15) is 0 Å². The maximum absolute atomic E-state index is 6.00. The summed E-state index contributed by atoms with van der Waals surface area (Å²) in [5.74, 6) is 2.05. The Kier molecular flexibility index (Phi) is 4.64. The van der Waals surface area contributed by atoms with E-state index in [1.165, 1.54) is 0 Å². The van der Waals surface area contributed by atoms with E-state index < -0.39 is 0 Å². The van der Waals surface area contributed by atoms with Crippen LogP contribution in [0.15, 0.2) is 24.4 Å². The second-order valence-corrected chi connectivity index (χ2v) is 6.47. The highest BCUT2D eigenvalue weighted by Crippen LogP contribution is 2.25. The Balaban J connectivity index is 1.76. The molecular formula is C15H17Cl2N5. The first-order valence-corrected chi connectivity index (χ1v) is 8.03. The van der Waals surface area contributed by atoms with Gasteiger partial charge in [-0.15, -0.1) is 5.10 Å². The summed E-state index contributed by atoms with van der Waals surface area (Å²) < 4.78 is 0. The second-order valence-electron chi connectivity index (χ2n) is 5.59. The Morgan fingerprint density at radius 2 is 1.82 bits per heavy atom. The van der Waals surface area contributed by atoms with E-state index in [4.69, 9.17) is 23.2 Å². The van der Waals surface area contributed by atoms with E-state index in [-0.39, 0.29) is 0 Å². The standard InChI is InChI=1S/C15H17Cl2N5/c1-10-2-4-22(5-3-10)15-20-14(9-18-21-15)19-13-7-11(16)6-12(17)8-13/h6-10H,2-5H2,1H3,(H,19,20,21). The summed E-state index contributed by atoms with van der Waals surface area (Å²) >= 11 is 12.0. The van der Waals surface area contributed by atoms with E-state index in [1.807, 2.05) is 0 Å². The van der Waals surface area contributed by atoms with E-state index in [0.717, 1.165) is 37.5 Å². The zero-order chi connectivity index (χ0) is 15.5. The molecular weight excluding hydrogens is 321 g/mol. The summed E-state index contributed by atoms with van der Waals surface area (Å²) in [7, 11) is 0. The number of hydrogen-bond acceptors (Lipinski definition) is 5. The lowest BCUT2D eigenvalue weighted by molar-refractivity contribution is 0.433. The van der Waals surface area contributed by atoms with Crippen LogP contribution in [-0.2, 0) is 0 Å². The average Bonchev–Trinajstić information content (AvgIpc) is 2.47. The molecule has 22 heavy (non-hydrogen) atoms. The van der Waals surface area contributed by atoms with Gasteiger partial charge in [0, 0.05) is 28.8 Å². The Morgan fingerprint density at radius 3 is 2.50 bits per heavy atom. The van der Waals surface area contributed by atoms with Gasteiger partial charge in [-0.2, -0.15) is 10.1 Å². The SMILES string of the molecule is CC1CCN(c2nncc(Nc3cc(Cl)cc(Cl)c3)n2)CC1. The van der Waals surface area contributed by atoms with Crippen molar-refractivity contribution < 1.29 is 0 Å². The fourth-order valence-corrected chi connectivity index (χ4v) is 3.00. The summed E-state index contributed by atoms with van der Waals surface area (Å²) in [6.45, 7) is 4.21. The molecule has 0 bridgehead atoms. The molecule has 3 rings (SSSR count). The molecule has 0 atom stereocenters. The van der Waals surface area contributed by atoms with E-state index in [9.17, 15) is 0 Å². The van der Waals surface area contributed by atoms with Crippen molar-refractivity contribution >= 4 is 40.7 Å². The molecule has 0 amide bonds. The van der Waals surface area contributed by atoms with Crippen LogP contribution in [0, 0.1) is 5.92 Å². The summed E-state index contributed by atoms with van der Waals surface area (Å²) in [5, 5.41) is 12.5. The van der Waals surface area contributed by atoms with E-state index >= 15 is 0 Å². The monoisotopic (exact) mass is 337 g/mol. The molecule has 7 heteroatoms. The third kappa shape index (κ3) is 3.78. The molecule has 0 radical (unpaired) electrons. The number of hydrogen-bond donors (Lipinski definition) is 1. The van der Waals surface area contributed by atoms with Crippen LogP contribution in [0.3, 0.4) is 0 Å². The molecule has 1 fully saturated rings. The van der Waals surface area contributed by atoms with Crippen LogP contribution in [0.4, 0.5) is 17.5 Å². The molecule has 1 aromatic carbocycles. The topological polar surface area (TPSA) is 53.9 Å². The molecule has 1 N–H and O–H groups in total. The summed E-state index contributed by atoms with van der Waals surface area (Å²) in [4.78, 5) is 6.70. The van der Waals surface area contributed by atoms with Crippen LogP contribution < -0.4 is 10.2 Å². The number of nitrogens with zero attached hydrogens (tertiary/aromatic N) is 4. The van der Waals surface area contributed by atoms with Gasteiger partial charge in [0.05, 0.1) is 6.20 Å². The zero-order valence-electron chi connectivity index (χ0n) is 12.3. The fourth-order valence-electron chi connectivity index (χ4n) is 2.47. The van der Waals surface area contributed by atoms with Crippen LogP contribution in [0.5, 0.6) is 0 Å². The number of piperidine rings is 1. The van der Waals surface area contributed by atoms with E-state index in [2.05, 4.69) is 32.3 Å². The van der Waals surface area contributed by atoms with Crippen molar-refractivity contribution in [3.05, 3.63) is 34.4 Å². The molecule has 1 saturated heterocycles. The molecule has 1 aliphatic rings. The van der Waals surface area contributed by atoms with Gasteiger partial charge in [-0.05, 0) is 37.0 Å². The molecule has 116 valence electrons. The predicted molar refractivity (Wildman–Crippen MR) is 90.2 cm³/mol. The average molecular weight is 338 g/mol. The summed E-state index contributed by atoms with van der Waals surface area (Å²) in [5.41, 5.74) is 0.774. The van der Waals surface area contributed by atoms with Crippen molar-refractivity contribution in [3.63, 3.8) is 0 Å². The maximum atomic E-state index is 6.00. The number of aromatic nitrogens is 3. The van der Waals surface area contributed by atoms with Crippen molar-refractivity contribution in [3.8, 4) is 0 Å². The van der Waals surface area contributed by atoms with Crippen molar-refractivity contribution in [1.82, 2.24) is 15.2 Å². The smallest absolute Gasteiger partial charge is 0.247 e. The molecule has 0 aliphatic carbocycles. The van der Waals surface area contributed by atoms with Crippen molar-refractivity contribution in [2.24, 2.45) is 5.92 Å². The highest BCUT2D eigenvalue weighted by atomic mass is 35.5. The normalized spacial score (nSPS) is 15.9. The number of anilines is 3. The molecule has 5 nitrogen and oxygen atoms in total. The lowest BCUT2D eigenvalue weighted by Crippen LogP contribution is -2.34. The third-order valence-electron chi connectivity index (χ3n) is 3.75. The lowest BCUT2D eigenvalue weighted by Gasteiger charge is -2.29. The van der Waals surface area contributed by atoms with Gasteiger partial charge in [-0.3, -0.25) is 0 Å². The van der Waals surface area contributed by atoms with Gasteiger partial charge in [-0.25, -0.2) is 0 Å². The first-order valence-electron chi connectivity index (χ1n) is 7.28. The minimum absolute atomic E-state index is 0.572. The lowest BCUT2D eigenvalue weighted by atomic mass is 10.00. The van der Waals surface area contributed by atoms with Crippen LogP contribution in [0.1, 0.15) is 19.8 Å². The third-order valence-corrected chi connectivity index (χ3v) is 4.19. The quantitative estimate of drug-likeness (QED) is 0.911. The molecule has 1 aromatic heterocycles. The number of nitrogens with one attached hydrogen (secondary N) is 1. The van der Waals surface area contributed by atoms with Crippen molar-refractivity contribution in [1.29, 1.82) is 0 Å². The summed E-state index contributed by atoms with van der Waals surface area (Å²) in [6, 6.07) is 5.27. The molecule has 0 unspecified atom stereocenters. The minimum Gasteiger partial charge on any atom is -0.339 e. The predicted octanol–water partition coefficient (Wildman–Crippen LogP) is 4.16. The van der Waals surface area contributed by atoms with Gasteiger partial charge >= 0.3 is 0 Å². The van der Waals surface area contributed by atoms with Gasteiger partial charge in [-0.1, -0.05) is 30.1 Å². The highest BCUT2D eigenvalue weighted by Gasteiger charge is 2.18. The number of rotatable bonds is 3. The highest BCUT2D eigenvalue weighted by molar-refractivity contribution is 6.35. The molecule has 1 aliphatic heterocycles. The van der Waals surface area contributed by atoms with Gasteiger partial charge in [0.25, 0.3) is 0 Å². The molecule has 0 saturated carbocycles. The van der Waals surface area contributed by atoms with Gasteiger partial charge in [0.2, 0.25) is 5.95 Å². The summed E-state index contributed by atoms with van der Waals surface area (Å²) in [6.07, 6.45) is 3.90. The Hall–Kier alpha value is -1.59. The molecule has 2 aromatic rings. The van der Waals surface area contributed by atoms with Gasteiger partial charge < -0.3 is 10.2 Å². The number of benzene rings is 1. The van der Waals surface area contributed by atoms with E-state index in [0.29, 0.717) is 21.8 Å². The van der Waals surface area contributed by atoms with Crippen LogP contribution in [-0.4, -0.2) is 28.3 Å². The Bertz CT molecular complexity index is 636. The van der Waals surface area contributed by atoms with Crippen LogP contribution in [0.2, 0.25) is 10.0 Å². The largest absolute Gasteiger partial charge is 0.339 e. The van der Waals surface area contributed by atoms with Gasteiger partial charge in [0.15, 0.2) is 5.82 Å². The number of halogens is 2. The van der Waals surface area contributed by atoms with Crippen LogP contribution >= 0.6 is 23.2 Å². The minimum atomic E-state index is 0.572. The fraction of sp³-hybridized carbons (Fsp3) is 0.400. The zero-order valence-corrected chi connectivity index (χ0v) is 13.8. The first kappa shape index (κ1) is 15.3. The molecule has 0 spiro atoms. The Labute approximate surface area is 139 Å². The van der Waals surface area contributed by atoms with Crippen molar-refractivity contribution in [2.75, 3.05) is 23.3 Å². The Morgan fingerprint density at radius 1 is 1.14 bits per heavy atom. The van der Waals surface area contributed by atoms with E-state index in [1.54, 1.807) is 24.4 Å². The molecule has 2 heterocycles. The first-order chi connectivity index (χ1) is 10.6. The second kappa shape index (κ2) is 6.67. The van der Waals surface area contributed by atoms with Crippen molar-refractivity contribution in [2.45, 2.75) is 19.8 Å².